The van der Waals surface area contributed by atoms with Gasteiger partial charge >= 0.3 is 0 Å². The fraction of sp³-hybridized carbons (Fsp3) is 0.862. The molecule has 4 aliphatic rings. The Morgan fingerprint density at radius 1 is 1.07 bits per heavy atom. The quantitative estimate of drug-likeness (QED) is 0.437. The van der Waals surface area contributed by atoms with Crippen molar-refractivity contribution in [3.63, 3.8) is 0 Å². The van der Waals surface area contributed by atoms with Crippen molar-refractivity contribution in [2.75, 3.05) is 0 Å². The van der Waals surface area contributed by atoms with Crippen LogP contribution in [-0.2, 0) is 0 Å². The van der Waals surface area contributed by atoms with E-state index >= 15 is 0 Å². The van der Waals surface area contributed by atoms with E-state index in [1.165, 1.54) is 64.2 Å². The van der Waals surface area contributed by atoms with Gasteiger partial charge in [-0.25, -0.2) is 0 Å². The first-order valence-electron chi connectivity index (χ1n) is 13.4. The van der Waals surface area contributed by atoms with Gasteiger partial charge in [0.25, 0.3) is 0 Å². The molecule has 0 bridgehead atoms. The highest BCUT2D eigenvalue weighted by molar-refractivity contribution is 5.34. The molecule has 0 saturated heterocycles. The topological polar surface area (TPSA) is 20.2 Å². The first-order chi connectivity index (χ1) is 14.3. The van der Waals surface area contributed by atoms with Gasteiger partial charge in [-0.1, -0.05) is 70.8 Å². The van der Waals surface area contributed by atoms with Crippen LogP contribution >= 0.6 is 0 Å². The monoisotopic (exact) mass is 412 g/mol. The fourth-order valence-electron chi connectivity index (χ4n) is 8.61. The summed E-state index contributed by atoms with van der Waals surface area (Å²) in [4.78, 5) is 0. The lowest BCUT2D eigenvalue weighted by Crippen LogP contribution is -2.45. The second-order valence-corrected chi connectivity index (χ2v) is 12.2. The molecular formula is C29H48O. The van der Waals surface area contributed by atoms with Crippen LogP contribution in [0, 0.1) is 40.4 Å². The minimum Gasteiger partial charge on any atom is -0.393 e. The van der Waals surface area contributed by atoms with Crippen LogP contribution in [0.15, 0.2) is 23.3 Å². The molecule has 0 aromatic heterocycles. The summed E-state index contributed by atoms with van der Waals surface area (Å²) >= 11 is 0. The summed E-state index contributed by atoms with van der Waals surface area (Å²) in [5, 5.41) is 10.3. The van der Waals surface area contributed by atoms with Crippen LogP contribution in [0.1, 0.15) is 112 Å². The molecule has 0 heterocycles. The Labute approximate surface area is 186 Å². The fourth-order valence-corrected chi connectivity index (χ4v) is 8.61. The number of rotatable bonds is 6. The lowest BCUT2D eigenvalue weighted by Gasteiger charge is -2.55. The Balaban J connectivity index is 1.50. The zero-order chi connectivity index (χ0) is 21.5. The molecule has 0 aromatic carbocycles. The van der Waals surface area contributed by atoms with E-state index in [2.05, 4.69) is 46.8 Å². The van der Waals surface area contributed by atoms with Crippen molar-refractivity contribution in [1.29, 1.82) is 0 Å². The van der Waals surface area contributed by atoms with Gasteiger partial charge in [-0.3, -0.25) is 0 Å². The van der Waals surface area contributed by atoms with Gasteiger partial charge in [0.2, 0.25) is 0 Å². The van der Waals surface area contributed by atoms with Crippen LogP contribution in [0.2, 0.25) is 0 Å². The Hall–Kier alpha value is -0.560. The second-order valence-electron chi connectivity index (χ2n) is 12.2. The van der Waals surface area contributed by atoms with Gasteiger partial charge < -0.3 is 5.11 Å². The number of fused-ring (bicyclic) bond motifs is 4. The normalized spacial score (nSPS) is 43.3. The lowest BCUT2D eigenvalue weighted by molar-refractivity contribution is 0.0145. The molecule has 170 valence electrons. The molecule has 2 saturated carbocycles. The summed E-state index contributed by atoms with van der Waals surface area (Å²) < 4.78 is 0. The third-order valence-corrected chi connectivity index (χ3v) is 10.4. The summed E-state index contributed by atoms with van der Waals surface area (Å²) in [7, 11) is 0. The summed E-state index contributed by atoms with van der Waals surface area (Å²) in [5.74, 6) is 3.97. The Bertz CT molecular complexity index is 674. The molecule has 0 amide bonds. The number of hydrogen-bond donors (Lipinski definition) is 1. The molecule has 30 heavy (non-hydrogen) atoms. The highest BCUT2D eigenvalue weighted by Crippen LogP contribution is 2.65. The average Bonchev–Trinajstić information content (AvgIpc) is 3.06. The van der Waals surface area contributed by atoms with E-state index in [9.17, 15) is 5.11 Å². The minimum absolute atomic E-state index is 0.0392. The van der Waals surface area contributed by atoms with Crippen molar-refractivity contribution in [1.82, 2.24) is 0 Å². The molecule has 1 nitrogen and oxygen atoms in total. The molecule has 0 aromatic rings. The van der Waals surface area contributed by atoms with Crippen molar-refractivity contribution in [2.45, 2.75) is 118 Å². The highest BCUT2D eigenvalue weighted by atomic mass is 16.3. The molecule has 4 rings (SSSR count). The molecule has 0 spiro atoms. The number of aliphatic hydroxyl groups is 1. The summed E-state index contributed by atoms with van der Waals surface area (Å²) in [5.41, 5.74) is 4.67. The second kappa shape index (κ2) is 8.76. The van der Waals surface area contributed by atoms with Crippen molar-refractivity contribution >= 4 is 0 Å². The Morgan fingerprint density at radius 3 is 2.63 bits per heavy atom. The van der Waals surface area contributed by atoms with Gasteiger partial charge in [-0.2, -0.15) is 0 Å². The standard InChI is InChI=1S/C29H48O/c1-6-8-20(2)9-7-10-21(3)25-13-14-26-24-12-11-22-19-23(30)15-17-28(22,4)27(24)16-18-29(25,26)5/h7,10,20-23,25-26,30H,6,8-9,11-19H2,1-5H3/t20?,21-,22+,23+,25-,26+,28+,29-/m1/s1. The van der Waals surface area contributed by atoms with Crippen LogP contribution < -0.4 is 0 Å². The molecule has 1 heteroatoms. The van der Waals surface area contributed by atoms with Crippen molar-refractivity contribution in [2.24, 2.45) is 40.4 Å². The zero-order valence-electron chi connectivity index (χ0n) is 20.6. The summed E-state index contributed by atoms with van der Waals surface area (Å²) in [6.45, 7) is 12.4. The SMILES string of the molecule is CCCC(C)CC=C[C@@H](C)[C@H]1CC[C@H]2C3=C(CC[C@]12C)[C@@]1(C)CC[C@H](O)C[C@@H]1CC3. The van der Waals surface area contributed by atoms with Crippen LogP contribution in [-0.4, -0.2) is 11.2 Å². The van der Waals surface area contributed by atoms with E-state index in [0.717, 1.165) is 36.5 Å². The molecule has 1 unspecified atom stereocenters. The zero-order valence-corrected chi connectivity index (χ0v) is 20.6. The lowest BCUT2D eigenvalue weighted by atomic mass is 9.50. The highest BCUT2D eigenvalue weighted by Gasteiger charge is 2.55. The van der Waals surface area contributed by atoms with Gasteiger partial charge in [0.05, 0.1) is 6.10 Å². The third-order valence-electron chi connectivity index (χ3n) is 10.4. The van der Waals surface area contributed by atoms with E-state index in [0.29, 0.717) is 16.7 Å². The van der Waals surface area contributed by atoms with E-state index < -0.39 is 0 Å². The van der Waals surface area contributed by atoms with Gasteiger partial charge in [-0.15, -0.1) is 0 Å². The van der Waals surface area contributed by atoms with Gasteiger partial charge in [0, 0.05) is 0 Å². The van der Waals surface area contributed by atoms with E-state index in [4.69, 9.17) is 0 Å². The van der Waals surface area contributed by atoms with Gasteiger partial charge in [-0.05, 0) is 105 Å². The molecule has 4 aliphatic carbocycles. The van der Waals surface area contributed by atoms with Crippen LogP contribution in [0.25, 0.3) is 0 Å². The van der Waals surface area contributed by atoms with E-state index in [1.807, 2.05) is 11.1 Å². The van der Waals surface area contributed by atoms with Crippen molar-refractivity contribution in [3.05, 3.63) is 23.3 Å². The first kappa shape index (κ1) is 22.6. The Morgan fingerprint density at radius 2 is 1.87 bits per heavy atom. The number of hydrogen-bond acceptors (Lipinski definition) is 1. The molecule has 0 aliphatic heterocycles. The van der Waals surface area contributed by atoms with Crippen molar-refractivity contribution in [3.8, 4) is 0 Å². The first-order valence-corrected chi connectivity index (χ1v) is 13.4. The van der Waals surface area contributed by atoms with E-state index in [-0.39, 0.29) is 6.10 Å². The molecule has 8 atom stereocenters. The van der Waals surface area contributed by atoms with Crippen molar-refractivity contribution < 1.29 is 5.11 Å². The van der Waals surface area contributed by atoms with Crippen LogP contribution in [0.3, 0.4) is 0 Å². The summed E-state index contributed by atoms with van der Waals surface area (Å²) in [6.07, 6.45) is 20.5. The smallest absolute Gasteiger partial charge is 0.0543 e. The maximum absolute atomic E-state index is 10.3. The van der Waals surface area contributed by atoms with Gasteiger partial charge in [0.1, 0.15) is 0 Å². The molecule has 0 radical (unpaired) electrons. The minimum atomic E-state index is -0.0392. The largest absolute Gasteiger partial charge is 0.393 e. The predicted octanol–water partition coefficient (Wildman–Crippen LogP) is 8.09. The Kier molecular flexibility index (Phi) is 6.61. The maximum atomic E-state index is 10.3. The predicted molar refractivity (Wildman–Crippen MR) is 128 cm³/mol. The average molecular weight is 413 g/mol. The maximum Gasteiger partial charge on any atom is 0.0543 e. The molecular weight excluding hydrogens is 364 g/mol. The van der Waals surface area contributed by atoms with Crippen LogP contribution in [0.5, 0.6) is 0 Å². The molecule has 1 N–H and O–H groups in total. The number of allylic oxidation sites excluding steroid dienone is 4. The van der Waals surface area contributed by atoms with Crippen LogP contribution in [0.4, 0.5) is 0 Å². The summed E-state index contributed by atoms with van der Waals surface area (Å²) in [6, 6.07) is 0. The number of aliphatic hydroxyl groups excluding tert-OH is 1. The third kappa shape index (κ3) is 3.87. The van der Waals surface area contributed by atoms with Gasteiger partial charge in [0.15, 0.2) is 0 Å². The molecule has 2 fully saturated rings. The van der Waals surface area contributed by atoms with E-state index in [1.54, 1.807) is 0 Å².